The molecule has 0 aliphatic heterocycles. The third kappa shape index (κ3) is 19.5. The number of pyridine rings is 1. The minimum absolute atomic E-state index is 0. The van der Waals surface area contributed by atoms with E-state index in [0.717, 1.165) is 9.80 Å². The Morgan fingerprint density at radius 1 is 0.487 bits per heavy atom. The molecule has 0 aliphatic rings. The number of ether oxygens (including phenoxy) is 4. The number of nitrogens with one attached hydrogen (secondary N) is 5. The molecule has 26 heteroatoms. The van der Waals surface area contributed by atoms with Crippen molar-refractivity contribution in [2.45, 2.75) is 32.6 Å². The van der Waals surface area contributed by atoms with Crippen LogP contribution in [0.5, 0.6) is 17.2 Å². The van der Waals surface area contributed by atoms with Crippen LogP contribution in [0.4, 0.5) is 0 Å². The van der Waals surface area contributed by atoms with E-state index in [1.54, 1.807) is 6.92 Å². The quantitative estimate of drug-likeness (QED) is 0.0159. The lowest BCUT2D eigenvalue weighted by Gasteiger charge is -2.28. The van der Waals surface area contributed by atoms with Gasteiger partial charge in [0.05, 0.1) is 97.0 Å². The number of carbonyl (C=O) groups is 9. The van der Waals surface area contributed by atoms with E-state index in [1.807, 2.05) is 0 Å². The lowest BCUT2D eigenvalue weighted by atomic mass is 10.1. The third-order valence-electron chi connectivity index (χ3n) is 12.0. The molecule has 78 heavy (non-hydrogen) atoms. The summed E-state index contributed by atoms with van der Waals surface area (Å²) in [5.74, 6) is -8.32. The van der Waals surface area contributed by atoms with E-state index in [9.17, 15) is 63.6 Å². The second-order valence-corrected chi connectivity index (χ2v) is 17.0. The molecule has 1 aromatic heterocycles. The highest BCUT2D eigenvalue weighted by molar-refractivity contribution is 6.03. The second kappa shape index (κ2) is 33.9. The standard InChI is InChI=1S/C52H63N7O17.2ClH/c1-5-76-41(60)21-7-6-8-25-59(48(64)39-19-12-20-40(56-39)52(71)72)32-31-58(28-24-55-47(63)35-15-11-18-38(51(69)70)44(35)75-4)30-29-57(26-22-53-45(61)33-13-9-16-36(49(65)66)42(33)73-2)27-23-54-46(62)34-14-10-17-37(50(67)68)43(34)74-3;;/h9-20H,5-8,21-32H2,1-4H3,(H,53,61)(H,54,62)(H,55,63)(H,65,66)(H,67,68)(H,69,70)(H,71,72);2*1H. The Labute approximate surface area is 462 Å². The van der Waals surface area contributed by atoms with Gasteiger partial charge in [-0.25, -0.2) is 24.2 Å². The summed E-state index contributed by atoms with van der Waals surface area (Å²) in [5.41, 5.74) is -1.11. The van der Waals surface area contributed by atoms with E-state index < -0.39 is 47.5 Å². The molecule has 424 valence electrons. The summed E-state index contributed by atoms with van der Waals surface area (Å²) in [4.78, 5) is 121. The molecule has 0 saturated heterocycles. The molecule has 0 radical (unpaired) electrons. The van der Waals surface area contributed by atoms with Gasteiger partial charge in [-0.15, -0.1) is 0 Å². The van der Waals surface area contributed by atoms with Crippen molar-refractivity contribution < 1.29 is 117 Å². The number of carbonyl (C=O) groups excluding carboxylic acids is 5. The molecular formula is C52H65Cl2N7O17. The zero-order valence-electron chi connectivity index (χ0n) is 43.5. The lowest BCUT2D eigenvalue weighted by Crippen LogP contribution is -3.21. The van der Waals surface area contributed by atoms with Crippen molar-refractivity contribution in [2.75, 3.05) is 99.9 Å². The monoisotopic (exact) mass is 1130 g/mol. The number of aromatic nitrogens is 1. The number of halogens is 2. The molecule has 4 aromatic rings. The Balaban J connectivity index is 0.0000104. The fourth-order valence-corrected chi connectivity index (χ4v) is 8.18. The highest BCUT2D eigenvalue weighted by Crippen LogP contribution is 2.26. The van der Waals surface area contributed by atoms with Crippen LogP contribution in [0, 0.1) is 0 Å². The topological polar surface area (TPSA) is 333 Å². The van der Waals surface area contributed by atoms with Crippen molar-refractivity contribution in [3.63, 3.8) is 0 Å². The maximum absolute atomic E-state index is 14.1. The number of benzene rings is 3. The van der Waals surface area contributed by atoms with E-state index in [1.165, 1.54) is 99.0 Å². The van der Waals surface area contributed by atoms with E-state index in [4.69, 9.17) is 18.9 Å². The molecule has 3 aromatic carbocycles. The molecule has 0 fully saturated rings. The molecule has 1 unspecified atom stereocenters. The predicted molar refractivity (Wildman–Crippen MR) is 270 cm³/mol. The first kappa shape index (κ1) is 66.1. The van der Waals surface area contributed by atoms with Crippen molar-refractivity contribution in [3.8, 4) is 17.2 Å². The number of methoxy groups -OCH3 is 3. The maximum Gasteiger partial charge on any atom is 0.354 e. The fourth-order valence-electron chi connectivity index (χ4n) is 8.18. The van der Waals surface area contributed by atoms with Crippen LogP contribution in [0.1, 0.15) is 116 Å². The molecule has 0 bridgehead atoms. The Morgan fingerprint density at radius 3 is 1.26 bits per heavy atom. The molecule has 9 N–H and O–H groups in total. The number of rotatable bonds is 33. The molecule has 0 saturated carbocycles. The number of aromatic carboxylic acids is 4. The van der Waals surface area contributed by atoms with Crippen LogP contribution in [-0.2, 0) is 9.53 Å². The highest BCUT2D eigenvalue weighted by Gasteiger charge is 2.26. The largest absolute Gasteiger partial charge is 1.00 e. The first-order valence-electron chi connectivity index (χ1n) is 24.3. The summed E-state index contributed by atoms with van der Waals surface area (Å²) >= 11 is 0. The number of hydrogen-bond donors (Lipinski definition) is 9. The van der Waals surface area contributed by atoms with Gasteiger partial charge in [-0.05, 0) is 68.3 Å². The first-order valence-corrected chi connectivity index (χ1v) is 24.3. The molecule has 0 spiro atoms. The van der Waals surface area contributed by atoms with Crippen molar-refractivity contribution >= 4 is 53.5 Å². The summed E-state index contributed by atoms with van der Waals surface area (Å²) in [6.45, 7) is 4.17. The summed E-state index contributed by atoms with van der Waals surface area (Å²) in [6, 6.07) is 16.5. The Bertz CT molecular complexity index is 2650. The van der Waals surface area contributed by atoms with Crippen LogP contribution in [0.2, 0.25) is 0 Å². The van der Waals surface area contributed by atoms with Crippen LogP contribution in [0.3, 0.4) is 0 Å². The van der Waals surface area contributed by atoms with Gasteiger partial charge in [-0.2, -0.15) is 0 Å². The number of esters is 1. The summed E-state index contributed by atoms with van der Waals surface area (Å²) < 4.78 is 20.9. The highest BCUT2D eigenvalue weighted by atomic mass is 35.5. The van der Waals surface area contributed by atoms with Gasteiger partial charge in [0.15, 0.2) is 0 Å². The van der Waals surface area contributed by atoms with Crippen molar-refractivity contribution in [2.24, 2.45) is 0 Å². The number of hydrogen-bond acceptors (Lipinski definition) is 14. The predicted octanol–water partition coefficient (Wildman–Crippen LogP) is -5.47. The van der Waals surface area contributed by atoms with Gasteiger partial charge in [0.1, 0.15) is 58.4 Å². The number of carboxylic acid groups (broad SMARTS) is 4. The Hall–Kier alpha value is -8.06. The number of nitrogens with zero attached hydrogens (tertiary/aromatic N) is 2. The summed E-state index contributed by atoms with van der Waals surface area (Å²) in [7, 11) is 3.74. The lowest BCUT2D eigenvalue weighted by molar-refractivity contribution is -0.955. The SMILES string of the molecule is CCOC(=O)CCCCCN(CC[NH+](CCNC(=O)c1cccc(C(=O)O)c1OC)CC[NH+](CCNC(=O)c1cccc(C(=O)O)c1OC)CCNC(=O)c1cccc(C(=O)O)c1OC)C(=O)c1cccc(C(=O)O)n1.[Cl-].[Cl-]. The minimum Gasteiger partial charge on any atom is -1.00 e. The zero-order valence-corrected chi connectivity index (χ0v) is 45.0. The maximum atomic E-state index is 14.1. The van der Waals surface area contributed by atoms with Gasteiger partial charge in [-0.3, -0.25) is 24.0 Å². The van der Waals surface area contributed by atoms with Gasteiger partial charge >= 0.3 is 29.8 Å². The summed E-state index contributed by atoms with van der Waals surface area (Å²) in [5, 5.41) is 47.2. The van der Waals surface area contributed by atoms with Gasteiger partial charge in [0.2, 0.25) is 0 Å². The number of carboxylic acids is 4. The van der Waals surface area contributed by atoms with Crippen LogP contribution >= 0.6 is 0 Å². The number of unbranched alkanes of at least 4 members (excludes halogenated alkanes) is 2. The molecule has 1 atom stereocenters. The molecule has 1 heterocycles. The molecule has 24 nitrogen and oxygen atoms in total. The van der Waals surface area contributed by atoms with Gasteiger partial charge < -0.3 is 94.8 Å². The fraction of sp³-hybridized carbons (Fsp3) is 0.385. The average molecular weight is 1130 g/mol. The first-order chi connectivity index (χ1) is 36.4. The van der Waals surface area contributed by atoms with Gasteiger partial charge in [0.25, 0.3) is 23.6 Å². The Morgan fingerprint density at radius 2 is 0.872 bits per heavy atom. The van der Waals surface area contributed by atoms with Crippen LogP contribution in [0.25, 0.3) is 0 Å². The number of amides is 4. The normalized spacial score (nSPS) is 10.9. The van der Waals surface area contributed by atoms with Crippen LogP contribution < -0.4 is 64.8 Å². The Kier molecular flexibility index (Phi) is 28.7. The van der Waals surface area contributed by atoms with E-state index in [-0.39, 0.29) is 165 Å². The van der Waals surface area contributed by atoms with Crippen molar-refractivity contribution in [1.29, 1.82) is 0 Å². The number of quaternary nitrogens is 2. The number of para-hydroxylation sites is 3. The third-order valence-corrected chi connectivity index (χ3v) is 12.0. The average Bonchev–Trinajstić information content (AvgIpc) is 3.41. The van der Waals surface area contributed by atoms with Crippen LogP contribution in [-0.4, -0.2) is 184 Å². The van der Waals surface area contributed by atoms with Gasteiger partial charge in [-0.1, -0.05) is 30.7 Å². The minimum atomic E-state index is -1.32. The molecule has 0 aliphatic carbocycles. The van der Waals surface area contributed by atoms with Gasteiger partial charge in [0, 0.05) is 13.0 Å². The van der Waals surface area contributed by atoms with E-state index >= 15 is 0 Å². The van der Waals surface area contributed by atoms with E-state index in [2.05, 4.69) is 20.9 Å². The van der Waals surface area contributed by atoms with Crippen molar-refractivity contribution in [1.82, 2.24) is 25.8 Å². The zero-order chi connectivity index (χ0) is 55.7. The smallest absolute Gasteiger partial charge is 0.354 e. The van der Waals surface area contributed by atoms with Crippen molar-refractivity contribution in [3.05, 3.63) is 118 Å². The van der Waals surface area contributed by atoms with Crippen LogP contribution in [0.15, 0.2) is 72.8 Å². The summed E-state index contributed by atoms with van der Waals surface area (Å²) in [6.07, 6.45) is 1.71. The molecule has 4 rings (SSSR count). The molecular weight excluding hydrogens is 1070 g/mol. The van der Waals surface area contributed by atoms with E-state index in [0.29, 0.717) is 32.4 Å². The molecule has 4 amide bonds. The second-order valence-electron chi connectivity index (χ2n) is 17.0.